The first-order valence-electron chi connectivity index (χ1n) is 7.66. The minimum Gasteiger partial charge on any atom is -0.469 e. The predicted octanol–water partition coefficient (Wildman–Crippen LogP) is 2.63. The van der Waals surface area contributed by atoms with Crippen LogP contribution >= 0.6 is 0 Å². The number of ketones is 2. The summed E-state index contributed by atoms with van der Waals surface area (Å²) in [6.07, 6.45) is 3.73. The van der Waals surface area contributed by atoms with Gasteiger partial charge in [0.05, 0.1) is 28.2 Å². The number of Topliss-reactive ketones (excluding diaryl/α,β-unsaturated/α-hetero) is 2. The van der Waals surface area contributed by atoms with Gasteiger partial charge in [0.1, 0.15) is 5.78 Å². The van der Waals surface area contributed by atoms with Crippen LogP contribution in [0.25, 0.3) is 0 Å². The molecule has 1 aliphatic rings. The number of hydrogen-bond acceptors (Lipinski definition) is 4. The molecule has 122 valence electrons. The maximum atomic E-state index is 12.8. The number of hydrogen-bond donors (Lipinski definition) is 0. The van der Waals surface area contributed by atoms with Crippen LogP contribution in [0.2, 0.25) is 13.1 Å². The summed E-state index contributed by atoms with van der Waals surface area (Å²) in [4.78, 5) is 36.3. The quantitative estimate of drug-likeness (QED) is 0.443. The molecular formula is C17H26O4Si. The summed E-state index contributed by atoms with van der Waals surface area (Å²) in [5, 5.41) is 1.13. The molecular weight excluding hydrogens is 296 g/mol. The monoisotopic (exact) mass is 322 g/mol. The van der Waals surface area contributed by atoms with Crippen LogP contribution in [0.4, 0.5) is 0 Å². The van der Waals surface area contributed by atoms with Crippen LogP contribution in [-0.2, 0) is 19.1 Å². The fraction of sp³-hybridized carbons (Fsp3) is 0.588. The largest absolute Gasteiger partial charge is 0.469 e. The molecule has 0 radical (unpaired) electrons. The second-order valence-electron chi connectivity index (χ2n) is 6.98. The molecule has 1 rings (SSSR count). The summed E-state index contributed by atoms with van der Waals surface area (Å²) in [5.74, 6) is -1.49. The van der Waals surface area contributed by atoms with E-state index >= 15 is 0 Å². The number of rotatable bonds is 5. The maximum absolute atomic E-state index is 12.8. The predicted molar refractivity (Wildman–Crippen MR) is 89.3 cm³/mol. The van der Waals surface area contributed by atoms with Gasteiger partial charge in [0.25, 0.3) is 0 Å². The Labute approximate surface area is 134 Å². The summed E-state index contributed by atoms with van der Waals surface area (Å²) in [7, 11) is 0.133. The SMILES string of the molecule is COC(=O)CCC(=O)C1C=CC([SiH](C)C)=C(C(C)(C)C)C1=O. The number of esters is 1. The number of allylic oxidation sites excluding steroid dienone is 4. The molecule has 0 saturated carbocycles. The van der Waals surface area contributed by atoms with Crippen molar-refractivity contribution < 1.29 is 19.1 Å². The highest BCUT2D eigenvalue weighted by atomic mass is 28.3. The second-order valence-corrected chi connectivity index (χ2v) is 9.91. The summed E-state index contributed by atoms with van der Waals surface area (Å²) < 4.78 is 4.54. The zero-order chi connectivity index (χ0) is 17.1. The Kier molecular flexibility index (Phi) is 6.05. The van der Waals surface area contributed by atoms with Crippen LogP contribution < -0.4 is 0 Å². The third-order valence-corrected chi connectivity index (χ3v) is 5.53. The van der Waals surface area contributed by atoms with E-state index in [0.717, 1.165) is 10.8 Å². The molecule has 0 bridgehead atoms. The first-order chi connectivity index (χ1) is 10.1. The van der Waals surface area contributed by atoms with E-state index in [1.54, 1.807) is 6.08 Å². The molecule has 0 saturated heterocycles. The lowest BCUT2D eigenvalue weighted by atomic mass is 9.76. The zero-order valence-electron chi connectivity index (χ0n) is 14.4. The molecule has 0 aromatic carbocycles. The average molecular weight is 322 g/mol. The van der Waals surface area contributed by atoms with Crippen LogP contribution in [0.1, 0.15) is 33.6 Å². The van der Waals surface area contributed by atoms with Crippen molar-refractivity contribution in [3.05, 3.63) is 22.9 Å². The Bertz CT molecular complexity index is 535. The fourth-order valence-electron chi connectivity index (χ4n) is 2.69. The van der Waals surface area contributed by atoms with Gasteiger partial charge in [0, 0.05) is 12.0 Å². The van der Waals surface area contributed by atoms with Crippen LogP contribution in [0.5, 0.6) is 0 Å². The van der Waals surface area contributed by atoms with E-state index in [4.69, 9.17) is 0 Å². The van der Waals surface area contributed by atoms with Crippen LogP contribution in [0.3, 0.4) is 0 Å². The molecule has 22 heavy (non-hydrogen) atoms. The van der Waals surface area contributed by atoms with E-state index in [1.165, 1.54) is 7.11 Å². The van der Waals surface area contributed by atoms with Gasteiger partial charge in [-0.15, -0.1) is 0 Å². The van der Waals surface area contributed by atoms with E-state index in [2.05, 4.69) is 17.8 Å². The smallest absolute Gasteiger partial charge is 0.305 e. The number of carbonyl (C=O) groups excluding carboxylic acids is 3. The molecule has 0 fully saturated rings. The highest BCUT2D eigenvalue weighted by Crippen LogP contribution is 2.36. The van der Waals surface area contributed by atoms with Crippen molar-refractivity contribution in [3.8, 4) is 0 Å². The van der Waals surface area contributed by atoms with E-state index in [9.17, 15) is 14.4 Å². The standard InChI is InChI=1S/C17H26O4Si/c1-17(2,3)15-13(22(5)6)9-7-11(16(15)20)12(18)8-10-14(19)21-4/h7,9,11,22H,8,10H2,1-6H3. The molecule has 5 heteroatoms. The molecule has 0 aromatic heterocycles. The van der Waals surface area contributed by atoms with Gasteiger partial charge in [-0.25, -0.2) is 0 Å². The van der Waals surface area contributed by atoms with Gasteiger partial charge < -0.3 is 4.74 Å². The summed E-state index contributed by atoms with van der Waals surface area (Å²) in [5.41, 5.74) is 0.503. The van der Waals surface area contributed by atoms with E-state index in [-0.39, 0.29) is 29.8 Å². The molecule has 0 N–H and O–H groups in total. The normalized spacial score (nSPS) is 18.9. The molecule has 0 amide bonds. The number of carbonyl (C=O) groups is 3. The van der Waals surface area contributed by atoms with Gasteiger partial charge in [0.15, 0.2) is 5.78 Å². The Morgan fingerprint density at radius 2 is 1.82 bits per heavy atom. The summed E-state index contributed by atoms with van der Waals surface area (Å²) in [6, 6.07) is 0. The summed E-state index contributed by atoms with van der Waals surface area (Å²) >= 11 is 0. The molecule has 0 aliphatic heterocycles. The Balaban J connectivity index is 3.02. The van der Waals surface area contributed by atoms with Gasteiger partial charge in [-0.1, -0.05) is 51.2 Å². The maximum Gasteiger partial charge on any atom is 0.305 e. The van der Waals surface area contributed by atoms with Crippen molar-refractivity contribution in [2.24, 2.45) is 11.3 Å². The minimum absolute atomic E-state index is 0.0211. The third-order valence-electron chi connectivity index (χ3n) is 3.81. The zero-order valence-corrected chi connectivity index (χ0v) is 15.5. The molecule has 0 aromatic rings. The number of methoxy groups -OCH3 is 1. The van der Waals surface area contributed by atoms with Gasteiger partial charge >= 0.3 is 5.97 Å². The lowest BCUT2D eigenvalue weighted by molar-refractivity contribution is -0.142. The van der Waals surface area contributed by atoms with Crippen molar-refractivity contribution in [1.29, 1.82) is 0 Å². The highest BCUT2D eigenvalue weighted by Gasteiger charge is 2.36. The van der Waals surface area contributed by atoms with Crippen molar-refractivity contribution in [2.75, 3.05) is 7.11 Å². The van der Waals surface area contributed by atoms with Crippen LogP contribution in [0, 0.1) is 11.3 Å². The first-order valence-corrected chi connectivity index (χ1v) is 10.5. The van der Waals surface area contributed by atoms with Crippen LogP contribution in [0.15, 0.2) is 22.9 Å². The second kappa shape index (κ2) is 7.18. The van der Waals surface area contributed by atoms with E-state index < -0.39 is 20.7 Å². The Hall–Kier alpha value is -1.49. The van der Waals surface area contributed by atoms with Gasteiger partial charge in [0.2, 0.25) is 0 Å². The number of ether oxygens (including phenoxy) is 1. The molecule has 1 aliphatic carbocycles. The van der Waals surface area contributed by atoms with Crippen molar-refractivity contribution in [2.45, 2.75) is 46.7 Å². The average Bonchev–Trinajstić information content (AvgIpc) is 2.42. The van der Waals surface area contributed by atoms with Crippen molar-refractivity contribution in [1.82, 2.24) is 0 Å². The van der Waals surface area contributed by atoms with Gasteiger partial charge in [-0.05, 0) is 5.41 Å². The Morgan fingerprint density at radius 1 is 1.23 bits per heavy atom. The molecule has 1 atom stereocenters. The summed E-state index contributed by atoms with van der Waals surface area (Å²) in [6.45, 7) is 10.4. The van der Waals surface area contributed by atoms with Gasteiger partial charge in [-0.2, -0.15) is 0 Å². The molecule has 4 nitrogen and oxygen atoms in total. The van der Waals surface area contributed by atoms with Crippen molar-refractivity contribution in [3.63, 3.8) is 0 Å². The molecule has 0 heterocycles. The minimum atomic E-state index is -1.16. The Morgan fingerprint density at radius 3 is 2.27 bits per heavy atom. The van der Waals surface area contributed by atoms with Gasteiger partial charge in [-0.3, -0.25) is 14.4 Å². The first kappa shape index (κ1) is 18.6. The fourth-order valence-corrected chi connectivity index (χ4v) is 4.34. The molecule has 1 unspecified atom stereocenters. The topological polar surface area (TPSA) is 60.4 Å². The van der Waals surface area contributed by atoms with E-state index in [1.807, 2.05) is 26.8 Å². The van der Waals surface area contributed by atoms with E-state index in [0.29, 0.717) is 0 Å². The molecule has 0 spiro atoms. The lowest BCUT2D eigenvalue weighted by Gasteiger charge is -2.31. The third kappa shape index (κ3) is 4.26. The highest BCUT2D eigenvalue weighted by molar-refractivity contribution is 6.65. The van der Waals surface area contributed by atoms with Crippen LogP contribution in [-0.4, -0.2) is 33.4 Å². The lowest BCUT2D eigenvalue weighted by Crippen LogP contribution is -2.34. The van der Waals surface area contributed by atoms with Crippen molar-refractivity contribution >= 4 is 26.3 Å².